The first-order valence-corrected chi connectivity index (χ1v) is 8.25. The molecular weight excluding hydrogens is 344 g/mol. The molecule has 1 aliphatic heterocycles. The summed E-state index contributed by atoms with van der Waals surface area (Å²) >= 11 is 0. The van der Waals surface area contributed by atoms with E-state index < -0.39 is 10.9 Å². The smallest absolute Gasteiger partial charge is 0.343 e. The van der Waals surface area contributed by atoms with Crippen LogP contribution in [0.4, 0.5) is 5.69 Å². The van der Waals surface area contributed by atoms with Gasteiger partial charge in [-0.2, -0.15) is 0 Å². The van der Waals surface area contributed by atoms with E-state index in [0.717, 1.165) is 5.56 Å². The van der Waals surface area contributed by atoms with Gasteiger partial charge in [0.2, 0.25) is 0 Å². The Morgan fingerprint density at radius 3 is 2.59 bits per heavy atom. The second-order valence-electron chi connectivity index (χ2n) is 5.94. The third-order valence-electron chi connectivity index (χ3n) is 4.19. The molecule has 0 bridgehead atoms. The maximum atomic E-state index is 12.2. The van der Waals surface area contributed by atoms with Crippen molar-refractivity contribution >= 4 is 23.5 Å². The summed E-state index contributed by atoms with van der Waals surface area (Å²) in [6, 6.07) is 19.3. The SMILES string of the molecule is O=C1OC(c2ccccc2)=C/C1=C\c1cccn1-c1cccc([N+](=O)[O-])c1. The van der Waals surface area contributed by atoms with Crippen molar-refractivity contribution in [1.29, 1.82) is 0 Å². The van der Waals surface area contributed by atoms with Crippen molar-refractivity contribution in [2.24, 2.45) is 0 Å². The fourth-order valence-electron chi connectivity index (χ4n) is 2.90. The minimum absolute atomic E-state index is 0.00587. The Labute approximate surface area is 154 Å². The van der Waals surface area contributed by atoms with Gasteiger partial charge in [-0.15, -0.1) is 0 Å². The van der Waals surface area contributed by atoms with Crippen molar-refractivity contribution < 1.29 is 14.5 Å². The molecular formula is C21H14N2O4. The highest BCUT2D eigenvalue weighted by molar-refractivity contribution is 6.05. The average molecular weight is 358 g/mol. The number of non-ortho nitro benzene ring substituents is 1. The summed E-state index contributed by atoms with van der Waals surface area (Å²) in [6.07, 6.45) is 5.19. The highest BCUT2D eigenvalue weighted by atomic mass is 16.6. The van der Waals surface area contributed by atoms with Crippen LogP contribution in [0.25, 0.3) is 17.5 Å². The predicted molar refractivity (Wildman–Crippen MR) is 101 cm³/mol. The highest BCUT2D eigenvalue weighted by Crippen LogP contribution is 2.28. The lowest BCUT2D eigenvalue weighted by atomic mass is 10.1. The van der Waals surface area contributed by atoms with Gasteiger partial charge in [0.15, 0.2) is 0 Å². The topological polar surface area (TPSA) is 74.4 Å². The van der Waals surface area contributed by atoms with Crippen molar-refractivity contribution in [3.05, 3.63) is 106 Å². The van der Waals surface area contributed by atoms with Crippen LogP contribution >= 0.6 is 0 Å². The number of nitro groups is 1. The van der Waals surface area contributed by atoms with Crippen molar-refractivity contribution in [1.82, 2.24) is 4.57 Å². The van der Waals surface area contributed by atoms with Gasteiger partial charge < -0.3 is 9.30 Å². The molecule has 6 heteroatoms. The summed E-state index contributed by atoms with van der Waals surface area (Å²) < 4.78 is 7.14. The molecule has 1 aromatic heterocycles. The quantitative estimate of drug-likeness (QED) is 0.300. The van der Waals surface area contributed by atoms with Crippen molar-refractivity contribution in [2.45, 2.75) is 0 Å². The first-order valence-electron chi connectivity index (χ1n) is 8.25. The van der Waals surface area contributed by atoms with Gasteiger partial charge in [0.1, 0.15) is 5.76 Å². The molecule has 0 saturated heterocycles. The van der Waals surface area contributed by atoms with Gasteiger partial charge in [0.05, 0.1) is 16.2 Å². The number of cyclic esters (lactones) is 1. The average Bonchev–Trinajstić information content (AvgIpc) is 3.30. The Morgan fingerprint density at radius 1 is 1.00 bits per heavy atom. The van der Waals surface area contributed by atoms with Crippen LogP contribution < -0.4 is 0 Å². The molecule has 0 N–H and O–H groups in total. The van der Waals surface area contributed by atoms with Crippen LogP contribution in [0.3, 0.4) is 0 Å². The molecule has 0 radical (unpaired) electrons. The van der Waals surface area contributed by atoms with Gasteiger partial charge >= 0.3 is 5.97 Å². The molecule has 3 aromatic rings. The zero-order chi connectivity index (χ0) is 18.8. The Kier molecular flexibility index (Phi) is 4.14. The molecule has 27 heavy (non-hydrogen) atoms. The lowest BCUT2D eigenvalue weighted by molar-refractivity contribution is -0.384. The molecule has 0 amide bonds. The Morgan fingerprint density at radius 2 is 1.81 bits per heavy atom. The number of hydrogen-bond donors (Lipinski definition) is 0. The van der Waals surface area contributed by atoms with Crippen molar-refractivity contribution in [2.75, 3.05) is 0 Å². The summed E-state index contributed by atoms with van der Waals surface area (Å²) in [6.45, 7) is 0. The second kappa shape index (κ2) is 6.76. The molecule has 132 valence electrons. The largest absolute Gasteiger partial charge is 0.422 e. The molecule has 0 aliphatic carbocycles. The van der Waals surface area contributed by atoms with E-state index in [4.69, 9.17) is 4.74 Å². The Balaban J connectivity index is 1.71. The number of carbonyl (C=O) groups excluding carboxylic acids is 1. The standard InChI is InChI=1S/C21H14N2O4/c24-21-16(13-20(27-21)15-6-2-1-3-7-15)12-17-10-5-11-22(17)18-8-4-9-19(14-18)23(25)26/h1-14H/b16-12+. The van der Waals surface area contributed by atoms with Gasteiger partial charge in [0, 0.05) is 29.6 Å². The summed E-state index contributed by atoms with van der Waals surface area (Å²) in [5.74, 6) is 0.0703. The van der Waals surface area contributed by atoms with Crippen LogP contribution in [0.5, 0.6) is 0 Å². The number of hydrogen-bond acceptors (Lipinski definition) is 4. The third-order valence-corrected chi connectivity index (χ3v) is 4.19. The summed E-state index contributed by atoms with van der Waals surface area (Å²) in [5, 5.41) is 11.0. The molecule has 1 aliphatic rings. The van der Waals surface area contributed by atoms with Gasteiger partial charge in [0.25, 0.3) is 5.69 Å². The molecule has 0 unspecified atom stereocenters. The number of rotatable bonds is 4. The molecule has 0 atom stereocenters. The van der Waals surface area contributed by atoms with Crippen LogP contribution in [0.1, 0.15) is 11.3 Å². The van der Waals surface area contributed by atoms with Crippen LogP contribution in [0, 0.1) is 10.1 Å². The van der Waals surface area contributed by atoms with E-state index in [1.54, 1.807) is 35.0 Å². The van der Waals surface area contributed by atoms with E-state index in [2.05, 4.69) is 0 Å². The summed E-state index contributed by atoms with van der Waals surface area (Å²) in [5.41, 5.74) is 2.60. The van der Waals surface area contributed by atoms with Gasteiger partial charge in [-0.3, -0.25) is 10.1 Å². The maximum Gasteiger partial charge on any atom is 0.343 e. The molecule has 2 aromatic carbocycles. The minimum atomic E-state index is -0.436. The summed E-state index contributed by atoms with van der Waals surface area (Å²) in [4.78, 5) is 22.8. The zero-order valence-electron chi connectivity index (χ0n) is 14.1. The zero-order valence-corrected chi connectivity index (χ0v) is 14.1. The number of aromatic nitrogens is 1. The number of nitrogens with zero attached hydrogens (tertiary/aromatic N) is 2. The number of benzene rings is 2. The first-order chi connectivity index (χ1) is 13.1. The van der Waals surface area contributed by atoms with Crippen LogP contribution in [0.2, 0.25) is 0 Å². The monoisotopic (exact) mass is 358 g/mol. The van der Waals surface area contributed by atoms with E-state index >= 15 is 0 Å². The number of ether oxygens (including phenoxy) is 1. The normalized spacial score (nSPS) is 14.9. The Bertz CT molecular complexity index is 1090. The van der Waals surface area contributed by atoms with Gasteiger partial charge in [-0.1, -0.05) is 36.4 Å². The first kappa shape index (κ1) is 16.5. The number of carbonyl (C=O) groups is 1. The van der Waals surface area contributed by atoms with Crippen LogP contribution in [0.15, 0.2) is 84.6 Å². The van der Waals surface area contributed by atoms with Gasteiger partial charge in [-0.25, -0.2) is 4.79 Å². The molecule has 4 rings (SSSR count). The lowest BCUT2D eigenvalue weighted by Crippen LogP contribution is -2.00. The lowest BCUT2D eigenvalue weighted by Gasteiger charge is -2.06. The van der Waals surface area contributed by atoms with E-state index in [1.807, 2.05) is 42.5 Å². The minimum Gasteiger partial charge on any atom is -0.422 e. The van der Waals surface area contributed by atoms with Crippen LogP contribution in [-0.2, 0) is 9.53 Å². The molecule has 2 heterocycles. The van der Waals surface area contributed by atoms with Crippen LogP contribution in [-0.4, -0.2) is 15.5 Å². The van der Waals surface area contributed by atoms with E-state index in [-0.39, 0.29) is 5.69 Å². The van der Waals surface area contributed by atoms with E-state index in [0.29, 0.717) is 22.7 Å². The third kappa shape index (κ3) is 3.28. The molecule has 0 saturated carbocycles. The van der Waals surface area contributed by atoms with Crippen molar-refractivity contribution in [3.8, 4) is 5.69 Å². The molecule has 0 fully saturated rings. The van der Waals surface area contributed by atoms with E-state index in [9.17, 15) is 14.9 Å². The highest BCUT2D eigenvalue weighted by Gasteiger charge is 2.22. The molecule has 0 spiro atoms. The fourth-order valence-corrected chi connectivity index (χ4v) is 2.90. The van der Waals surface area contributed by atoms with Crippen molar-refractivity contribution in [3.63, 3.8) is 0 Å². The number of nitro benzene ring substituents is 1. The van der Waals surface area contributed by atoms with Gasteiger partial charge in [-0.05, 0) is 30.4 Å². The maximum absolute atomic E-state index is 12.2. The predicted octanol–water partition coefficient (Wildman–Crippen LogP) is 4.37. The fraction of sp³-hybridized carbons (Fsp3) is 0. The van der Waals surface area contributed by atoms with E-state index in [1.165, 1.54) is 12.1 Å². The Hall–Kier alpha value is -3.93. The second-order valence-corrected chi connectivity index (χ2v) is 5.94. The number of esters is 1. The summed E-state index contributed by atoms with van der Waals surface area (Å²) in [7, 11) is 0. The molecule has 6 nitrogen and oxygen atoms in total.